The predicted molar refractivity (Wildman–Crippen MR) is 60.6 cm³/mol. The molecular weight excluding hydrogens is 242 g/mol. The van der Waals surface area contributed by atoms with Crippen LogP contribution in [0.4, 0.5) is 0 Å². The molecule has 1 fully saturated rings. The van der Waals surface area contributed by atoms with Crippen molar-refractivity contribution in [3.8, 4) is 0 Å². The normalized spacial score (nSPS) is 16.9. The highest BCUT2D eigenvalue weighted by atomic mass is 32.1. The van der Waals surface area contributed by atoms with Gasteiger partial charge in [0.1, 0.15) is 4.88 Å². The molecule has 1 aromatic rings. The van der Waals surface area contributed by atoms with Gasteiger partial charge in [-0.1, -0.05) is 4.49 Å². The Labute approximate surface area is 103 Å². The second-order valence-corrected chi connectivity index (χ2v) is 4.66. The summed E-state index contributed by atoms with van der Waals surface area (Å²) >= 11 is 1.09. The van der Waals surface area contributed by atoms with Crippen LogP contribution in [0.1, 0.15) is 22.5 Å². The SMILES string of the molecule is COC(=O)C1CCN(C(=O)c2cnns2)CC1. The van der Waals surface area contributed by atoms with E-state index >= 15 is 0 Å². The topological polar surface area (TPSA) is 72.4 Å². The van der Waals surface area contributed by atoms with Gasteiger partial charge in [0.2, 0.25) is 0 Å². The Morgan fingerprint density at radius 2 is 2.18 bits per heavy atom. The van der Waals surface area contributed by atoms with E-state index in [0.29, 0.717) is 30.8 Å². The Morgan fingerprint density at radius 3 is 2.71 bits per heavy atom. The molecule has 17 heavy (non-hydrogen) atoms. The number of methoxy groups -OCH3 is 1. The number of hydrogen-bond acceptors (Lipinski definition) is 6. The molecule has 1 aliphatic heterocycles. The van der Waals surface area contributed by atoms with Crippen LogP contribution in [0.3, 0.4) is 0 Å². The number of ether oxygens (including phenoxy) is 1. The third-order valence-corrected chi connectivity index (χ3v) is 3.54. The average Bonchev–Trinajstić information content (AvgIpc) is 2.91. The van der Waals surface area contributed by atoms with Crippen molar-refractivity contribution in [3.63, 3.8) is 0 Å². The Kier molecular flexibility index (Phi) is 3.68. The molecule has 1 aliphatic rings. The number of aromatic nitrogens is 2. The third-order valence-electron chi connectivity index (χ3n) is 2.89. The average molecular weight is 255 g/mol. The highest BCUT2D eigenvalue weighted by Gasteiger charge is 2.28. The molecule has 7 heteroatoms. The van der Waals surface area contributed by atoms with Crippen molar-refractivity contribution < 1.29 is 14.3 Å². The van der Waals surface area contributed by atoms with Gasteiger partial charge in [0.25, 0.3) is 5.91 Å². The van der Waals surface area contributed by atoms with Crippen LogP contribution in [0.25, 0.3) is 0 Å². The monoisotopic (exact) mass is 255 g/mol. The Balaban J connectivity index is 1.91. The number of nitrogens with zero attached hydrogens (tertiary/aromatic N) is 3. The number of hydrogen-bond donors (Lipinski definition) is 0. The number of likely N-dealkylation sites (tertiary alicyclic amines) is 1. The van der Waals surface area contributed by atoms with Crippen LogP contribution in [0.5, 0.6) is 0 Å². The zero-order chi connectivity index (χ0) is 12.3. The van der Waals surface area contributed by atoms with Gasteiger partial charge in [-0.25, -0.2) is 0 Å². The van der Waals surface area contributed by atoms with Gasteiger partial charge >= 0.3 is 5.97 Å². The summed E-state index contributed by atoms with van der Waals surface area (Å²) in [6.07, 6.45) is 2.79. The largest absolute Gasteiger partial charge is 0.469 e. The maximum absolute atomic E-state index is 11.9. The van der Waals surface area contributed by atoms with Gasteiger partial charge in [-0.2, -0.15) is 0 Å². The second kappa shape index (κ2) is 5.22. The first kappa shape index (κ1) is 12.0. The van der Waals surface area contributed by atoms with E-state index in [0.717, 1.165) is 11.5 Å². The molecule has 0 aliphatic carbocycles. The van der Waals surface area contributed by atoms with Crippen LogP contribution in [-0.4, -0.2) is 46.6 Å². The van der Waals surface area contributed by atoms with E-state index in [4.69, 9.17) is 4.74 Å². The minimum absolute atomic E-state index is 0.0525. The molecule has 2 heterocycles. The van der Waals surface area contributed by atoms with Crippen molar-refractivity contribution in [1.29, 1.82) is 0 Å². The zero-order valence-electron chi connectivity index (χ0n) is 9.46. The van der Waals surface area contributed by atoms with E-state index in [1.54, 1.807) is 4.90 Å². The van der Waals surface area contributed by atoms with Crippen molar-refractivity contribution in [2.75, 3.05) is 20.2 Å². The summed E-state index contributed by atoms with van der Waals surface area (Å²) in [6.45, 7) is 1.16. The molecule has 6 nitrogen and oxygen atoms in total. The highest BCUT2D eigenvalue weighted by Crippen LogP contribution is 2.20. The van der Waals surface area contributed by atoms with E-state index < -0.39 is 0 Å². The minimum Gasteiger partial charge on any atom is -0.469 e. The van der Waals surface area contributed by atoms with Crippen LogP contribution in [0.15, 0.2) is 6.20 Å². The van der Waals surface area contributed by atoms with Gasteiger partial charge < -0.3 is 9.64 Å². The summed E-state index contributed by atoms with van der Waals surface area (Å²) in [7, 11) is 1.39. The molecule has 1 aromatic heterocycles. The van der Waals surface area contributed by atoms with Crippen molar-refractivity contribution >= 4 is 23.4 Å². The van der Waals surface area contributed by atoms with Crippen LogP contribution < -0.4 is 0 Å². The first-order chi connectivity index (χ1) is 8.22. The van der Waals surface area contributed by atoms with E-state index in [1.165, 1.54) is 13.3 Å². The molecule has 0 unspecified atom stereocenters. The smallest absolute Gasteiger partial charge is 0.308 e. The Hall–Kier alpha value is -1.50. The maximum Gasteiger partial charge on any atom is 0.308 e. The Bertz CT molecular complexity index is 399. The van der Waals surface area contributed by atoms with Crippen LogP contribution in [-0.2, 0) is 9.53 Å². The molecule has 0 aromatic carbocycles. The molecule has 1 amide bonds. The van der Waals surface area contributed by atoms with Crippen LogP contribution in [0, 0.1) is 5.92 Å². The molecule has 0 spiro atoms. The fraction of sp³-hybridized carbons (Fsp3) is 0.600. The van der Waals surface area contributed by atoms with Crippen molar-refractivity contribution in [3.05, 3.63) is 11.1 Å². The van der Waals surface area contributed by atoms with Gasteiger partial charge in [-0.15, -0.1) is 5.10 Å². The quantitative estimate of drug-likeness (QED) is 0.722. The first-order valence-electron chi connectivity index (χ1n) is 5.37. The number of amides is 1. The van der Waals surface area contributed by atoms with Gasteiger partial charge in [0.15, 0.2) is 0 Å². The summed E-state index contributed by atoms with van der Waals surface area (Å²) in [5, 5.41) is 3.64. The van der Waals surface area contributed by atoms with E-state index in [1.807, 2.05) is 0 Å². The van der Waals surface area contributed by atoms with Crippen molar-refractivity contribution in [1.82, 2.24) is 14.5 Å². The molecule has 92 valence electrons. The molecule has 0 radical (unpaired) electrons. The minimum atomic E-state index is -0.184. The first-order valence-corrected chi connectivity index (χ1v) is 6.14. The van der Waals surface area contributed by atoms with Crippen LogP contribution >= 0.6 is 11.5 Å². The number of carbonyl (C=O) groups is 2. The predicted octanol–water partition coefficient (Wildman–Crippen LogP) is 0.563. The molecule has 0 bridgehead atoms. The number of rotatable bonds is 2. The number of carbonyl (C=O) groups excluding carboxylic acids is 2. The molecule has 2 rings (SSSR count). The lowest BCUT2D eigenvalue weighted by Gasteiger charge is -2.30. The maximum atomic E-state index is 11.9. The molecule has 0 saturated carbocycles. The summed E-state index contributed by atoms with van der Waals surface area (Å²) in [6, 6.07) is 0. The van der Waals surface area contributed by atoms with E-state index in [9.17, 15) is 9.59 Å². The van der Waals surface area contributed by atoms with Crippen molar-refractivity contribution in [2.45, 2.75) is 12.8 Å². The van der Waals surface area contributed by atoms with E-state index in [-0.39, 0.29) is 17.8 Å². The van der Waals surface area contributed by atoms with E-state index in [2.05, 4.69) is 9.59 Å². The number of piperidine rings is 1. The van der Waals surface area contributed by atoms with Gasteiger partial charge in [0, 0.05) is 13.1 Å². The fourth-order valence-corrected chi connectivity index (χ4v) is 2.39. The second-order valence-electron chi connectivity index (χ2n) is 3.87. The summed E-state index contributed by atoms with van der Waals surface area (Å²) < 4.78 is 8.36. The lowest BCUT2D eigenvalue weighted by Crippen LogP contribution is -2.40. The summed E-state index contributed by atoms with van der Waals surface area (Å²) in [5.41, 5.74) is 0. The van der Waals surface area contributed by atoms with Crippen molar-refractivity contribution in [2.24, 2.45) is 5.92 Å². The third kappa shape index (κ3) is 2.60. The summed E-state index contributed by atoms with van der Waals surface area (Å²) in [5.74, 6) is -0.316. The molecular formula is C10H13N3O3S. The van der Waals surface area contributed by atoms with Gasteiger partial charge in [0.05, 0.1) is 19.2 Å². The Morgan fingerprint density at radius 1 is 1.47 bits per heavy atom. The molecule has 1 saturated heterocycles. The lowest BCUT2D eigenvalue weighted by molar-refractivity contribution is -0.146. The number of esters is 1. The zero-order valence-corrected chi connectivity index (χ0v) is 10.3. The molecule has 0 N–H and O–H groups in total. The standard InChI is InChI=1S/C10H13N3O3S/c1-16-10(15)7-2-4-13(5-3-7)9(14)8-6-11-12-17-8/h6-7H,2-5H2,1H3. The fourth-order valence-electron chi connectivity index (χ4n) is 1.90. The molecule has 0 atom stereocenters. The van der Waals surface area contributed by atoms with Crippen LogP contribution in [0.2, 0.25) is 0 Å². The summed E-state index contributed by atoms with van der Waals surface area (Å²) in [4.78, 5) is 25.5. The highest BCUT2D eigenvalue weighted by molar-refractivity contribution is 7.07. The van der Waals surface area contributed by atoms with Gasteiger partial charge in [-0.3, -0.25) is 9.59 Å². The van der Waals surface area contributed by atoms with Gasteiger partial charge in [-0.05, 0) is 24.4 Å². The lowest BCUT2D eigenvalue weighted by atomic mass is 9.97.